The van der Waals surface area contributed by atoms with Crippen molar-refractivity contribution in [3.63, 3.8) is 0 Å². The molecule has 0 aliphatic heterocycles. The molecule has 0 aromatic rings. The van der Waals surface area contributed by atoms with E-state index in [-0.39, 0.29) is 5.97 Å². The second-order valence-corrected chi connectivity index (χ2v) is 4.86. The highest BCUT2D eigenvalue weighted by molar-refractivity contribution is 5.71. The lowest BCUT2D eigenvalue weighted by molar-refractivity contribution is -0.142. The number of hydrogen-bond donors (Lipinski definition) is 0. The molecule has 0 aromatic carbocycles. The zero-order chi connectivity index (χ0) is 12.9. The molecule has 2 nitrogen and oxygen atoms in total. The molecule has 0 fully saturated rings. The van der Waals surface area contributed by atoms with Gasteiger partial charge in [0.05, 0.1) is 13.0 Å². The number of unbranched alkanes of at least 4 members (excludes halogenated alkanes) is 5. The van der Waals surface area contributed by atoms with Gasteiger partial charge < -0.3 is 4.74 Å². The van der Waals surface area contributed by atoms with Gasteiger partial charge in [0.25, 0.3) is 0 Å². The zero-order valence-electron chi connectivity index (χ0n) is 11.7. The summed E-state index contributed by atoms with van der Waals surface area (Å²) in [6.45, 7) is 6.99. The molecule has 0 aliphatic rings. The van der Waals surface area contributed by atoms with Crippen LogP contribution in [0.1, 0.15) is 65.7 Å². The van der Waals surface area contributed by atoms with Gasteiger partial charge in [0.1, 0.15) is 0 Å². The largest absolute Gasteiger partial charge is 0.465 e. The van der Waals surface area contributed by atoms with Gasteiger partial charge in [-0.2, -0.15) is 0 Å². The van der Waals surface area contributed by atoms with Crippen molar-refractivity contribution >= 4 is 5.97 Å². The number of hydrogen-bond acceptors (Lipinski definition) is 2. The van der Waals surface area contributed by atoms with Crippen LogP contribution in [-0.4, -0.2) is 12.6 Å². The molecule has 0 amide bonds. The lowest BCUT2D eigenvalue weighted by Crippen LogP contribution is -2.04. The highest BCUT2D eigenvalue weighted by Crippen LogP contribution is 2.05. The molecule has 0 spiro atoms. The third-order valence-corrected chi connectivity index (χ3v) is 2.57. The Labute approximate surface area is 106 Å². The maximum atomic E-state index is 11.3. The van der Waals surface area contributed by atoms with Gasteiger partial charge in [-0.3, -0.25) is 4.79 Å². The van der Waals surface area contributed by atoms with E-state index in [4.69, 9.17) is 4.74 Å². The number of carbonyl (C=O) groups is 1. The van der Waals surface area contributed by atoms with Crippen LogP contribution in [0, 0.1) is 5.92 Å². The molecule has 17 heavy (non-hydrogen) atoms. The summed E-state index contributed by atoms with van der Waals surface area (Å²) in [6.07, 6.45) is 11.7. The highest BCUT2D eigenvalue weighted by atomic mass is 16.5. The van der Waals surface area contributed by atoms with Gasteiger partial charge in [0.15, 0.2) is 0 Å². The maximum Gasteiger partial charge on any atom is 0.309 e. The SMILES string of the molecule is CCCCCCCCOC(=O)C/C=C\C(C)C. The second-order valence-electron chi connectivity index (χ2n) is 4.86. The number of allylic oxidation sites excluding steroid dienone is 1. The van der Waals surface area contributed by atoms with Crippen LogP contribution in [0.25, 0.3) is 0 Å². The molecular formula is C15H28O2. The summed E-state index contributed by atoms with van der Waals surface area (Å²) in [5, 5.41) is 0. The molecular weight excluding hydrogens is 212 g/mol. The number of ether oxygens (including phenoxy) is 1. The minimum absolute atomic E-state index is 0.101. The number of carbonyl (C=O) groups excluding carboxylic acids is 1. The van der Waals surface area contributed by atoms with Crippen LogP contribution >= 0.6 is 0 Å². The fraction of sp³-hybridized carbons (Fsp3) is 0.800. The lowest BCUT2D eigenvalue weighted by atomic mass is 10.1. The van der Waals surface area contributed by atoms with Crippen LogP contribution in [0.5, 0.6) is 0 Å². The van der Waals surface area contributed by atoms with E-state index in [2.05, 4.69) is 20.8 Å². The Morgan fingerprint density at radius 1 is 1.12 bits per heavy atom. The van der Waals surface area contributed by atoms with Crippen LogP contribution in [0.4, 0.5) is 0 Å². The Kier molecular flexibility index (Phi) is 11.1. The smallest absolute Gasteiger partial charge is 0.309 e. The molecule has 0 aromatic heterocycles. The summed E-state index contributed by atoms with van der Waals surface area (Å²) in [4.78, 5) is 11.3. The predicted molar refractivity (Wildman–Crippen MR) is 72.9 cm³/mol. The van der Waals surface area contributed by atoms with Crippen LogP contribution in [0.2, 0.25) is 0 Å². The standard InChI is InChI=1S/C15H28O2/c1-4-5-6-7-8-9-13-17-15(16)12-10-11-14(2)3/h10-11,14H,4-9,12-13H2,1-3H3/b11-10-. The average molecular weight is 240 g/mol. The first-order valence-electron chi connectivity index (χ1n) is 6.99. The van der Waals surface area contributed by atoms with Crippen molar-refractivity contribution < 1.29 is 9.53 Å². The van der Waals surface area contributed by atoms with Crippen molar-refractivity contribution in [3.8, 4) is 0 Å². The predicted octanol–water partition coefficient (Wildman–Crippen LogP) is 4.49. The van der Waals surface area contributed by atoms with Crippen LogP contribution in [-0.2, 0) is 9.53 Å². The molecule has 0 N–H and O–H groups in total. The summed E-state index contributed by atoms with van der Waals surface area (Å²) >= 11 is 0. The minimum Gasteiger partial charge on any atom is -0.465 e. The maximum absolute atomic E-state index is 11.3. The van der Waals surface area contributed by atoms with Gasteiger partial charge in [-0.25, -0.2) is 0 Å². The fourth-order valence-electron chi connectivity index (χ4n) is 1.56. The van der Waals surface area contributed by atoms with Crippen LogP contribution in [0.15, 0.2) is 12.2 Å². The quantitative estimate of drug-likeness (QED) is 0.319. The van der Waals surface area contributed by atoms with Crippen molar-refractivity contribution in [1.29, 1.82) is 0 Å². The first kappa shape index (κ1) is 16.2. The average Bonchev–Trinajstić information content (AvgIpc) is 2.27. The van der Waals surface area contributed by atoms with E-state index in [9.17, 15) is 4.79 Å². The summed E-state index contributed by atoms with van der Waals surface area (Å²) in [6, 6.07) is 0. The van der Waals surface area contributed by atoms with Crippen molar-refractivity contribution in [2.45, 2.75) is 65.7 Å². The number of rotatable bonds is 10. The summed E-state index contributed by atoms with van der Waals surface area (Å²) in [5.74, 6) is 0.400. The van der Waals surface area contributed by atoms with E-state index in [1.165, 1.54) is 32.1 Å². The number of esters is 1. The second kappa shape index (κ2) is 11.7. The lowest BCUT2D eigenvalue weighted by Gasteiger charge is -2.03. The summed E-state index contributed by atoms with van der Waals surface area (Å²) in [5.41, 5.74) is 0. The summed E-state index contributed by atoms with van der Waals surface area (Å²) < 4.78 is 5.14. The van der Waals surface area contributed by atoms with Crippen molar-refractivity contribution in [2.75, 3.05) is 6.61 Å². The monoisotopic (exact) mass is 240 g/mol. The zero-order valence-corrected chi connectivity index (χ0v) is 11.7. The third kappa shape index (κ3) is 13.1. The van der Waals surface area contributed by atoms with E-state index in [1.54, 1.807) is 0 Å². The molecule has 0 rings (SSSR count). The fourth-order valence-corrected chi connectivity index (χ4v) is 1.56. The van der Waals surface area contributed by atoms with Gasteiger partial charge in [-0.15, -0.1) is 0 Å². The molecule has 0 saturated carbocycles. The molecule has 0 heterocycles. The molecule has 0 atom stereocenters. The molecule has 0 aliphatic carbocycles. The van der Waals surface area contributed by atoms with Gasteiger partial charge in [0, 0.05) is 0 Å². The molecule has 2 heteroatoms. The molecule has 0 bridgehead atoms. The van der Waals surface area contributed by atoms with E-state index < -0.39 is 0 Å². The van der Waals surface area contributed by atoms with Crippen LogP contribution < -0.4 is 0 Å². The first-order valence-corrected chi connectivity index (χ1v) is 6.99. The summed E-state index contributed by atoms with van der Waals surface area (Å²) in [7, 11) is 0. The Hall–Kier alpha value is -0.790. The van der Waals surface area contributed by atoms with Crippen molar-refractivity contribution in [2.24, 2.45) is 5.92 Å². The van der Waals surface area contributed by atoms with Crippen molar-refractivity contribution in [1.82, 2.24) is 0 Å². The van der Waals surface area contributed by atoms with E-state index >= 15 is 0 Å². The molecule has 0 radical (unpaired) electrons. The molecule has 0 saturated heterocycles. The highest BCUT2D eigenvalue weighted by Gasteiger charge is 1.99. The van der Waals surface area contributed by atoms with Crippen molar-refractivity contribution in [3.05, 3.63) is 12.2 Å². The Bertz CT molecular complexity index is 207. The Morgan fingerprint density at radius 2 is 1.76 bits per heavy atom. The van der Waals surface area contributed by atoms with E-state index in [1.807, 2.05) is 12.2 Å². The molecule has 100 valence electrons. The van der Waals surface area contributed by atoms with Gasteiger partial charge in [-0.1, -0.05) is 65.0 Å². The third-order valence-electron chi connectivity index (χ3n) is 2.57. The van der Waals surface area contributed by atoms with Gasteiger partial charge in [-0.05, 0) is 12.3 Å². The van der Waals surface area contributed by atoms with Gasteiger partial charge >= 0.3 is 5.97 Å². The van der Waals surface area contributed by atoms with Gasteiger partial charge in [0.2, 0.25) is 0 Å². The Balaban J connectivity index is 3.28. The Morgan fingerprint density at radius 3 is 2.41 bits per heavy atom. The normalized spacial score (nSPS) is 11.3. The molecule has 0 unspecified atom stereocenters. The minimum atomic E-state index is -0.101. The van der Waals surface area contributed by atoms with E-state index in [0.717, 1.165) is 6.42 Å². The topological polar surface area (TPSA) is 26.3 Å². The van der Waals surface area contributed by atoms with Crippen LogP contribution in [0.3, 0.4) is 0 Å². The van der Waals surface area contributed by atoms with E-state index in [0.29, 0.717) is 18.9 Å². The first-order chi connectivity index (χ1) is 8.16.